The van der Waals surface area contributed by atoms with Gasteiger partial charge in [0.1, 0.15) is 34.4 Å². The van der Waals surface area contributed by atoms with E-state index in [0.29, 0.717) is 23.4 Å². The molecule has 2 heterocycles. The first-order chi connectivity index (χ1) is 13.6. The molecule has 2 aromatic rings. The molecule has 8 heteroatoms. The van der Waals surface area contributed by atoms with Crippen molar-refractivity contribution < 1.29 is 18.7 Å². The Morgan fingerprint density at radius 1 is 1.48 bits per heavy atom. The summed E-state index contributed by atoms with van der Waals surface area (Å²) in [4.78, 5) is 12.4. The highest BCUT2D eigenvalue weighted by Crippen LogP contribution is 2.54. The lowest BCUT2D eigenvalue weighted by Gasteiger charge is -2.34. The van der Waals surface area contributed by atoms with E-state index in [1.165, 1.54) is 10.7 Å². The molecule has 0 bridgehead atoms. The van der Waals surface area contributed by atoms with Gasteiger partial charge in [0.2, 0.25) is 0 Å². The quantitative estimate of drug-likeness (QED) is 0.827. The van der Waals surface area contributed by atoms with Gasteiger partial charge in [0.25, 0.3) is 0 Å². The summed E-state index contributed by atoms with van der Waals surface area (Å²) >= 11 is 0. The first-order valence-electron chi connectivity index (χ1n) is 9.56. The molecule has 1 amide bonds. The van der Waals surface area contributed by atoms with Crippen LogP contribution in [0, 0.1) is 17.1 Å². The van der Waals surface area contributed by atoms with Crippen LogP contribution < -0.4 is 10.1 Å². The number of hydrogen-bond acceptors (Lipinski definition) is 5. The second kappa shape index (κ2) is 6.48. The summed E-state index contributed by atoms with van der Waals surface area (Å²) in [5.41, 5.74) is 0.123. The Morgan fingerprint density at radius 3 is 2.76 bits per heavy atom. The number of aryl methyl sites for hydroxylation is 1. The predicted molar refractivity (Wildman–Crippen MR) is 103 cm³/mol. The number of nitrogens with one attached hydrogen (secondary N) is 1. The SMILES string of the molecule is Cn1nccc1-c1c(F)cc2c(c1C#N)OC1(CC1)CC2NC(=O)OC(C)(C)C. The molecule has 7 nitrogen and oxygen atoms in total. The van der Waals surface area contributed by atoms with Crippen LogP contribution in [-0.2, 0) is 11.8 Å². The molecule has 2 aliphatic rings. The van der Waals surface area contributed by atoms with Crippen molar-refractivity contribution in [3.8, 4) is 23.1 Å². The highest BCUT2D eigenvalue weighted by Gasteiger charge is 2.52. The zero-order chi connectivity index (χ0) is 21.0. The number of amides is 1. The molecule has 1 spiro atoms. The lowest BCUT2D eigenvalue weighted by Crippen LogP contribution is -2.40. The molecule has 0 saturated heterocycles. The number of aromatic nitrogens is 2. The summed E-state index contributed by atoms with van der Waals surface area (Å²) < 4.78 is 28.2. The fourth-order valence-corrected chi connectivity index (χ4v) is 3.76. The van der Waals surface area contributed by atoms with Crippen molar-refractivity contribution >= 4 is 6.09 Å². The van der Waals surface area contributed by atoms with Gasteiger partial charge in [-0.1, -0.05) is 0 Å². The fourth-order valence-electron chi connectivity index (χ4n) is 3.76. The number of nitrogens with zero attached hydrogens (tertiary/aromatic N) is 3. The van der Waals surface area contributed by atoms with Gasteiger partial charge in [0.15, 0.2) is 0 Å². The lowest BCUT2D eigenvalue weighted by atomic mass is 9.90. The van der Waals surface area contributed by atoms with Crippen LogP contribution in [0.5, 0.6) is 5.75 Å². The van der Waals surface area contributed by atoms with Crippen LogP contribution in [0.2, 0.25) is 0 Å². The van der Waals surface area contributed by atoms with Gasteiger partial charge in [-0.15, -0.1) is 0 Å². The minimum absolute atomic E-state index is 0.116. The number of carbonyl (C=O) groups excluding carboxylic acids is 1. The van der Waals surface area contributed by atoms with E-state index in [1.54, 1.807) is 40.1 Å². The molecule has 1 fully saturated rings. The summed E-state index contributed by atoms with van der Waals surface area (Å²) in [5.74, 6) is -0.231. The first kappa shape index (κ1) is 19.2. The molecule has 152 valence electrons. The van der Waals surface area contributed by atoms with E-state index in [-0.39, 0.29) is 11.1 Å². The van der Waals surface area contributed by atoms with Crippen LogP contribution in [0.1, 0.15) is 57.2 Å². The van der Waals surface area contributed by atoms with E-state index < -0.39 is 29.2 Å². The largest absolute Gasteiger partial charge is 0.485 e. The highest BCUT2D eigenvalue weighted by atomic mass is 19.1. The van der Waals surface area contributed by atoms with E-state index in [2.05, 4.69) is 16.5 Å². The van der Waals surface area contributed by atoms with Crippen LogP contribution in [0.15, 0.2) is 18.3 Å². The van der Waals surface area contributed by atoms with E-state index in [0.717, 1.165) is 12.8 Å². The smallest absolute Gasteiger partial charge is 0.408 e. The second-order valence-corrected chi connectivity index (χ2v) is 8.67. The van der Waals surface area contributed by atoms with Crippen LogP contribution in [0.4, 0.5) is 9.18 Å². The van der Waals surface area contributed by atoms with Gasteiger partial charge in [0.05, 0.1) is 17.3 Å². The van der Waals surface area contributed by atoms with Gasteiger partial charge in [-0.25, -0.2) is 9.18 Å². The number of ether oxygens (including phenoxy) is 2. The van der Waals surface area contributed by atoms with Gasteiger partial charge < -0.3 is 14.8 Å². The molecule has 0 radical (unpaired) electrons. The Labute approximate surface area is 168 Å². The molecule has 1 unspecified atom stereocenters. The van der Waals surface area contributed by atoms with Crippen LogP contribution in [0.3, 0.4) is 0 Å². The molecule has 1 saturated carbocycles. The van der Waals surface area contributed by atoms with Gasteiger partial charge in [-0.05, 0) is 45.7 Å². The minimum atomic E-state index is -0.651. The standard InChI is InChI=1S/C21H23FN4O3/c1-20(2,3)29-19(27)25-15-10-21(6-7-21)28-18-12(15)9-14(22)17(13(18)11-23)16-5-8-24-26(16)4/h5,8-9,15H,6-7,10H2,1-4H3,(H,25,27). The molecular weight excluding hydrogens is 375 g/mol. The monoisotopic (exact) mass is 398 g/mol. The zero-order valence-corrected chi connectivity index (χ0v) is 16.9. The molecule has 1 aliphatic carbocycles. The van der Waals surface area contributed by atoms with Crippen molar-refractivity contribution in [3.05, 3.63) is 35.3 Å². The van der Waals surface area contributed by atoms with Crippen molar-refractivity contribution in [1.29, 1.82) is 5.26 Å². The van der Waals surface area contributed by atoms with E-state index in [9.17, 15) is 10.1 Å². The highest BCUT2D eigenvalue weighted by molar-refractivity contribution is 5.75. The van der Waals surface area contributed by atoms with E-state index in [4.69, 9.17) is 9.47 Å². The average Bonchev–Trinajstić information content (AvgIpc) is 3.21. The maximum Gasteiger partial charge on any atom is 0.408 e. The Bertz CT molecular complexity index is 1030. The first-order valence-corrected chi connectivity index (χ1v) is 9.56. The minimum Gasteiger partial charge on any atom is -0.485 e. The number of fused-ring (bicyclic) bond motifs is 1. The molecule has 1 aliphatic heterocycles. The van der Waals surface area contributed by atoms with Crippen molar-refractivity contribution in [1.82, 2.24) is 15.1 Å². The van der Waals surface area contributed by atoms with Crippen LogP contribution in [0.25, 0.3) is 11.3 Å². The average molecular weight is 398 g/mol. The van der Waals surface area contributed by atoms with Crippen molar-refractivity contribution in [3.63, 3.8) is 0 Å². The molecule has 1 atom stereocenters. The maximum absolute atomic E-state index is 15.2. The third-order valence-electron chi connectivity index (χ3n) is 5.22. The number of nitriles is 1. The van der Waals surface area contributed by atoms with Gasteiger partial charge in [0, 0.05) is 25.2 Å². The Hall–Kier alpha value is -3.08. The number of benzene rings is 1. The summed E-state index contributed by atoms with van der Waals surface area (Å²) in [7, 11) is 1.69. The van der Waals surface area contributed by atoms with Gasteiger partial charge >= 0.3 is 6.09 Å². The lowest BCUT2D eigenvalue weighted by molar-refractivity contribution is 0.0461. The van der Waals surface area contributed by atoms with Crippen molar-refractivity contribution in [2.75, 3.05) is 0 Å². The molecule has 29 heavy (non-hydrogen) atoms. The predicted octanol–water partition coefficient (Wildman–Crippen LogP) is 3.98. The summed E-state index contributed by atoms with van der Waals surface area (Å²) in [6.45, 7) is 5.33. The molecule has 1 N–H and O–H groups in total. The zero-order valence-electron chi connectivity index (χ0n) is 16.9. The van der Waals surface area contributed by atoms with Crippen LogP contribution in [-0.4, -0.2) is 27.1 Å². The number of carbonyl (C=O) groups is 1. The molecule has 1 aromatic heterocycles. The Morgan fingerprint density at radius 2 is 2.21 bits per heavy atom. The number of halogens is 1. The molecule has 1 aromatic carbocycles. The number of hydrogen-bond donors (Lipinski definition) is 1. The summed E-state index contributed by atoms with van der Waals surface area (Å²) in [6.07, 6.45) is 3.12. The normalized spacial score (nSPS) is 19.1. The van der Waals surface area contributed by atoms with Crippen LogP contribution >= 0.6 is 0 Å². The summed E-state index contributed by atoms with van der Waals surface area (Å²) in [5, 5.41) is 16.8. The Balaban J connectivity index is 1.79. The maximum atomic E-state index is 15.2. The van der Waals surface area contributed by atoms with Crippen molar-refractivity contribution in [2.45, 2.75) is 57.3 Å². The Kier molecular flexibility index (Phi) is 4.30. The molecular formula is C21H23FN4O3. The number of alkyl carbamates (subject to hydrolysis) is 1. The summed E-state index contributed by atoms with van der Waals surface area (Å²) in [6, 6.07) is 4.60. The second-order valence-electron chi connectivity index (χ2n) is 8.67. The third-order valence-corrected chi connectivity index (χ3v) is 5.22. The topological polar surface area (TPSA) is 89.2 Å². The fraction of sp³-hybridized carbons (Fsp3) is 0.476. The molecule has 4 rings (SSSR count). The van der Waals surface area contributed by atoms with Gasteiger partial charge in [-0.3, -0.25) is 4.68 Å². The van der Waals surface area contributed by atoms with Crippen molar-refractivity contribution in [2.24, 2.45) is 7.05 Å². The van der Waals surface area contributed by atoms with Gasteiger partial charge in [-0.2, -0.15) is 10.4 Å². The number of rotatable bonds is 2. The van der Waals surface area contributed by atoms with E-state index >= 15 is 4.39 Å². The third kappa shape index (κ3) is 3.53. The van der Waals surface area contributed by atoms with E-state index in [1.807, 2.05) is 0 Å².